The molecule has 0 aliphatic carbocycles. The number of benzene rings is 2. The molecular formula is C23H27N5O. The maximum absolute atomic E-state index is 5.85. The Morgan fingerprint density at radius 3 is 2.69 bits per heavy atom. The van der Waals surface area contributed by atoms with Crippen LogP contribution in [0.1, 0.15) is 38.2 Å². The first-order valence-electron chi connectivity index (χ1n) is 10.3. The largest absolute Gasteiger partial charge is 0.489 e. The Hall–Kier alpha value is -3.15. The van der Waals surface area contributed by atoms with Gasteiger partial charge in [-0.2, -0.15) is 10.1 Å². The Balaban J connectivity index is 1.39. The van der Waals surface area contributed by atoms with Crippen LogP contribution in [0.2, 0.25) is 0 Å². The molecule has 0 bridgehead atoms. The van der Waals surface area contributed by atoms with Gasteiger partial charge in [0.15, 0.2) is 5.82 Å². The predicted octanol–water partition coefficient (Wildman–Crippen LogP) is 4.96. The van der Waals surface area contributed by atoms with Crippen molar-refractivity contribution in [3.05, 3.63) is 66.4 Å². The third kappa shape index (κ3) is 5.02. The monoisotopic (exact) mass is 389 g/mol. The fourth-order valence-corrected chi connectivity index (χ4v) is 3.69. The molecule has 1 unspecified atom stereocenters. The predicted molar refractivity (Wildman–Crippen MR) is 116 cm³/mol. The molecule has 1 aromatic heterocycles. The Bertz CT molecular complexity index is 901. The average Bonchev–Trinajstić information content (AvgIpc) is 2.79. The van der Waals surface area contributed by atoms with Crippen LogP contribution in [-0.4, -0.2) is 27.8 Å². The van der Waals surface area contributed by atoms with Crippen LogP contribution in [0.5, 0.6) is 5.75 Å². The van der Waals surface area contributed by atoms with Gasteiger partial charge in [-0.3, -0.25) is 0 Å². The van der Waals surface area contributed by atoms with Crippen molar-refractivity contribution in [3.8, 4) is 5.75 Å². The van der Waals surface area contributed by atoms with Crippen molar-refractivity contribution in [2.75, 3.05) is 16.8 Å². The fraction of sp³-hybridized carbons (Fsp3) is 0.348. The number of hydrogen-bond acceptors (Lipinski definition) is 6. The van der Waals surface area contributed by atoms with E-state index >= 15 is 0 Å². The van der Waals surface area contributed by atoms with E-state index in [2.05, 4.69) is 39.5 Å². The summed E-state index contributed by atoms with van der Waals surface area (Å²) in [5.74, 6) is 2.25. The summed E-state index contributed by atoms with van der Waals surface area (Å²) in [5, 5.41) is 11.8. The molecule has 1 atom stereocenters. The van der Waals surface area contributed by atoms with Gasteiger partial charge in [0, 0.05) is 18.3 Å². The SMILES string of the molecule is CCC1CCCCN1c1nncc(Nc2ccc(OCc3ccccc3)cc2)n1. The normalized spacial score (nSPS) is 16.4. The van der Waals surface area contributed by atoms with Gasteiger partial charge in [0.1, 0.15) is 12.4 Å². The molecule has 29 heavy (non-hydrogen) atoms. The van der Waals surface area contributed by atoms with Crippen LogP contribution >= 0.6 is 0 Å². The smallest absolute Gasteiger partial charge is 0.247 e. The molecule has 0 radical (unpaired) electrons. The van der Waals surface area contributed by atoms with Crippen LogP contribution < -0.4 is 15.0 Å². The highest BCUT2D eigenvalue weighted by Gasteiger charge is 2.23. The molecule has 6 heteroatoms. The summed E-state index contributed by atoms with van der Waals surface area (Å²) in [6, 6.07) is 18.5. The van der Waals surface area contributed by atoms with Crippen LogP contribution in [0.3, 0.4) is 0 Å². The van der Waals surface area contributed by atoms with E-state index < -0.39 is 0 Å². The zero-order chi connectivity index (χ0) is 19.9. The first-order valence-corrected chi connectivity index (χ1v) is 10.3. The number of aromatic nitrogens is 3. The van der Waals surface area contributed by atoms with E-state index in [1.54, 1.807) is 6.20 Å². The van der Waals surface area contributed by atoms with E-state index in [9.17, 15) is 0 Å². The number of ether oxygens (including phenoxy) is 1. The number of nitrogens with one attached hydrogen (secondary N) is 1. The summed E-state index contributed by atoms with van der Waals surface area (Å²) in [5.41, 5.74) is 2.09. The lowest BCUT2D eigenvalue weighted by atomic mass is 10.0. The number of nitrogens with zero attached hydrogens (tertiary/aromatic N) is 4. The van der Waals surface area contributed by atoms with Crippen LogP contribution in [0.15, 0.2) is 60.8 Å². The highest BCUT2D eigenvalue weighted by atomic mass is 16.5. The van der Waals surface area contributed by atoms with Gasteiger partial charge in [0.2, 0.25) is 5.95 Å². The van der Waals surface area contributed by atoms with Crippen LogP contribution in [0, 0.1) is 0 Å². The molecule has 4 rings (SSSR count). The van der Waals surface area contributed by atoms with E-state index in [1.165, 1.54) is 19.3 Å². The van der Waals surface area contributed by atoms with Crippen LogP contribution in [-0.2, 0) is 6.61 Å². The Kier molecular flexibility index (Phi) is 6.19. The molecule has 2 heterocycles. The van der Waals surface area contributed by atoms with Crippen molar-refractivity contribution >= 4 is 17.5 Å². The number of anilines is 3. The van der Waals surface area contributed by atoms with E-state index in [4.69, 9.17) is 9.72 Å². The van der Waals surface area contributed by atoms with Gasteiger partial charge in [-0.15, -0.1) is 5.10 Å². The van der Waals surface area contributed by atoms with Crippen LogP contribution in [0.4, 0.5) is 17.5 Å². The van der Waals surface area contributed by atoms with Gasteiger partial charge < -0.3 is 15.0 Å². The molecule has 2 aromatic carbocycles. The molecule has 6 nitrogen and oxygen atoms in total. The van der Waals surface area contributed by atoms with Crippen molar-refractivity contribution in [3.63, 3.8) is 0 Å². The minimum absolute atomic E-state index is 0.502. The molecule has 0 spiro atoms. The molecule has 1 fully saturated rings. The minimum atomic E-state index is 0.502. The van der Waals surface area contributed by atoms with Gasteiger partial charge in [-0.1, -0.05) is 37.3 Å². The van der Waals surface area contributed by atoms with Crippen molar-refractivity contribution in [1.82, 2.24) is 15.2 Å². The summed E-state index contributed by atoms with van der Waals surface area (Å²) in [6.07, 6.45) is 6.42. The van der Waals surface area contributed by atoms with Crippen LogP contribution in [0.25, 0.3) is 0 Å². The van der Waals surface area contributed by atoms with E-state index in [0.717, 1.165) is 30.0 Å². The standard InChI is InChI=1S/C23H27N5O/c1-2-20-10-6-7-15-28(20)23-26-22(16-24-27-23)25-19-11-13-21(14-12-19)29-17-18-8-4-3-5-9-18/h3-5,8-9,11-14,16,20H,2,6-7,10,15,17H2,1H3,(H,25,26,27). The Morgan fingerprint density at radius 2 is 1.90 bits per heavy atom. The summed E-state index contributed by atoms with van der Waals surface area (Å²) in [4.78, 5) is 6.99. The lowest BCUT2D eigenvalue weighted by Gasteiger charge is -2.34. The van der Waals surface area contributed by atoms with Gasteiger partial charge >= 0.3 is 0 Å². The molecule has 150 valence electrons. The second-order valence-electron chi connectivity index (χ2n) is 7.32. The molecule has 1 aliphatic rings. The maximum Gasteiger partial charge on any atom is 0.247 e. The molecule has 1 saturated heterocycles. The van der Waals surface area contributed by atoms with Crippen molar-refractivity contribution < 1.29 is 4.74 Å². The minimum Gasteiger partial charge on any atom is -0.489 e. The van der Waals surface area contributed by atoms with Gasteiger partial charge in [-0.05, 0) is 55.5 Å². The summed E-state index contributed by atoms with van der Waals surface area (Å²) in [6.45, 7) is 3.78. The quantitative estimate of drug-likeness (QED) is 0.616. The topological polar surface area (TPSA) is 63.2 Å². The van der Waals surface area contributed by atoms with E-state index in [-0.39, 0.29) is 0 Å². The number of hydrogen-bond donors (Lipinski definition) is 1. The molecule has 1 N–H and O–H groups in total. The Labute approximate surface area is 172 Å². The summed E-state index contributed by atoms with van der Waals surface area (Å²) >= 11 is 0. The highest BCUT2D eigenvalue weighted by Crippen LogP contribution is 2.25. The van der Waals surface area contributed by atoms with Crippen molar-refractivity contribution in [2.45, 2.75) is 45.3 Å². The average molecular weight is 390 g/mol. The molecule has 1 aliphatic heterocycles. The zero-order valence-electron chi connectivity index (χ0n) is 16.8. The van der Waals surface area contributed by atoms with Crippen molar-refractivity contribution in [1.29, 1.82) is 0 Å². The second-order valence-corrected chi connectivity index (χ2v) is 7.32. The fourth-order valence-electron chi connectivity index (χ4n) is 3.69. The first kappa shape index (κ1) is 19.2. The molecule has 0 amide bonds. The van der Waals surface area contributed by atoms with Gasteiger partial charge in [0.25, 0.3) is 0 Å². The zero-order valence-corrected chi connectivity index (χ0v) is 16.8. The van der Waals surface area contributed by atoms with Gasteiger partial charge in [-0.25, -0.2) is 0 Å². The maximum atomic E-state index is 5.85. The van der Waals surface area contributed by atoms with E-state index in [0.29, 0.717) is 24.4 Å². The third-order valence-electron chi connectivity index (χ3n) is 5.28. The number of rotatable bonds is 7. The van der Waals surface area contributed by atoms with Crippen molar-refractivity contribution in [2.24, 2.45) is 0 Å². The molecule has 0 saturated carbocycles. The lowest BCUT2D eigenvalue weighted by molar-refractivity contribution is 0.306. The number of piperidine rings is 1. The highest BCUT2D eigenvalue weighted by molar-refractivity contribution is 5.57. The molecular weight excluding hydrogens is 362 g/mol. The second kappa shape index (κ2) is 9.37. The third-order valence-corrected chi connectivity index (χ3v) is 5.28. The summed E-state index contributed by atoms with van der Waals surface area (Å²) in [7, 11) is 0. The van der Waals surface area contributed by atoms with E-state index in [1.807, 2.05) is 42.5 Å². The summed E-state index contributed by atoms with van der Waals surface area (Å²) < 4.78 is 5.85. The first-order chi connectivity index (χ1) is 14.3. The lowest BCUT2D eigenvalue weighted by Crippen LogP contribution is -2.40. The Morgan fingerprint density at radius 1 is 1.07 bits per heavy atom. The molecule has 3 aromatic rings. The van der Waals surface area contributed by atoms with Gasteiger partial charge in [0.05, 0.1) is 6.20 Å².